The molecule has 0 saturated heterocycles. The average molecular weight is 238 g/mol. The van der Waals surface area contributed by atoms with Crippen molar-refractivity contribution in [3.8, 4) is 0 Å². The third-order valence-electron chi connectivity index (χ3n) is 1.74. The molecule has 2 N–H and O–H groups in total. The molecule has 0 radical (unpaired) electrons. The van der Waals surface area contributed by atoms with E-state index in [4.69, 9.17) is 5.11 Å². The predicted octanol–water partition coefficient (Wildman–Crippen LogP) is 2.45. The van der Waals surface area contributed by atoms with Crippen LogP contribution in [0.25, 0.3) is 0 Å². The Hall–Kier alpha value is -0.250. The molecule has 0 rings (SSSR count). The Morgan fingerprint density at radius 2 is 2.08 bits per heavy atom. The van der Waals surface area contributed by atoms with Crippen LogP contribution in [0.1, 0.15) is 27.2 Å². The largest absolute Gasteiger partial charge is 0.465 e. The number of carboxylic acid groups (broad SMARTS) is 1. The first-order chi connectivity index (χ1) is 5.38. The van der Waals surface area contributed by atoms with E-state index in [0.29, 0.717) is 0 Å². The first kappa shape index (κ1) is 11.8. The molecule has 0 aliphatic carbocycles. The van der Waals surface area contributed by atoms with Gasteiger partial charge in [-0.1, -0.05) is 36.7 Å². The summed E-state index contributed by atoms with van der Waals surface area (Å²) in [6.45, 7) is 6.07. The number of halogens is 1. The van der Waals surface area contributed by atoms with Crippen LogP contribution in [-0.2, 0) is 0 Å². The molecule has 0 spiro atoms. The minimum absolute atomic E-state index is 0.00868. The molecule has 12 heavy (non-hydrogen) atoms. The zero-order chi connectivity index (χ0) is 9.78. The second-order valence-electron chi connectivity index (χ2n) is 3.85. The Morgan fingerprint density at radius 1 is 1.58 bits per heavy atom. The number of rotatable bonds is 3. The molecule has 72 valence electrons. The highest BCUT2D eigenvalue weighted by molar-refractivity contribution is 9.09. The summed E-state index contributed by atoms with van der Waals surface area (Å²) in [5.74, 6) is 0. The van der Waals surface area contributed by atoms with E-state index < -0.39 is 6.09 Å². The van der Waals surface area contributed by atoms with E-state index in [1.54, 1.807) is 0 Å². The maximum atomic E-state index is 10.4. The molecule has 1 amide bonds. The molecule has 4 heteroatoms. The number of hydrogen-bond donors (Lipinski definition) is 2. The molecule has 0 heterocycles. The van der Waals surface area contributed by atoms with Crippen molar-refractivity contribution >= 4 is 22.0 Å². The molecule has 1 unspecified atom stereocenters. The van der Waals surface area contributed by atoms with Gasteiger partial charge in [-0.25, -0.2) is 4.79 Å². The van der Waals surface area contributed by atoms with Crippen molar-refractivity contribution in [2.75, 3.05) is 5.33 Å². The lowest BCUT2D eigenvalue weighted by Gasteiger charge is -2.29. The summed E-state index contributed by atoms with van der Waals surface area (Å²) in [6.07, 6.45) is -0.133. The van der Waals surface area contributed by atoms with Gasteiger partial charge in [-0.05, 0) is 11.8 Å². The third-order valence-corrected chi connectivity index (χ3v) is 2.20. The third kappa shape index (κ3) is 4.59. The Labute approximate surface area is 81.7 Å². The average Bonchev–Trinajstić information content (AvgIpc) is 1.83. The highest BCUT2D eigenvalue weighted by Gasteiger charge is 2.25. The van der Waals surface area contributed by atoms with E-state index in [9.17, 15) is 4.79 Å². The van der Waals surface area contributed by atoms with Crippen LogP contribution < -0.4 is 5.32 Å². The van der Waals surface area contributed by atoms with Crippen molar-refractivity contribution < 1.29 is 9.90 Å². The van der Waals surface area contributed by atoms with Crippen molar-refractivity contribution in [1.29, 1.82) is 0 Å². The van der Waals surface area contributed by atoms with E-state index in [1.807, 2.05) is 20.8 Å². The fourth-order valence-corrected chi connectivity index (χ4v) is 1.44. The molecule has 0 aromatic heterocycles. The minimum Gasteiger partial charge on any atom is -0.465 e. The number of alkyl halides is 1. The monoisotopic (exact) mass is 237 g/mol. The minimum atomic E-state index is -0.948. The van der Waals surface area contributed by atoms with E-state index in [2.05, 4.69) is 21.2 Å². The van der Waals surface area contributed by atoms with Crippen LogP contribution in [0.3, 0.4) is 0 Å². The second kappa shape index (κ2) is 4.70. The molecule has 0 fully saturated rings. The van der Waals surface area contributed by atoms with Gasteiger partial charge in [0.15, 0.2) is 0 Å². The van der Waals surface area contributed by atoms with Crippen molar-refractivity contribution in [2.45, 2.75) is 33.2 Å². The highest BCUT2D eigenvalue weighted by Crippen LogP contribution is 2.22. The summed E-state index contributed by atoms with van der Waals surface area (Å²) in [5, 5.41) is 11.9. The zero-order valence-electron chi connectivity index (χ0n) is 7.72. The molecule has 0 aromatic carbocycles. The van der Waals surface area contributed by atoms with Crippen LogP contribution in [0.5, 0.6) is 0 Å². The molecular formula is C8H16BrNO2. The van der Waals surface area contributed by atoms with Gasteiger partial charge >= 0.3 is 6.09 Å². The number of hydrogen-bond acceptors (Lipinski definition) is 1. The van der Waals surface area contributed by atoms with Crippen LogP contribution in [-0.4, -0.2) is 22.6 Å². The summed E-state index contributed by atoms with van der Waals surface area (Å²) in [6, 6.07) is 0.00868. The Bertz CT molecular complexity index is 154. The maximum Gasteiger partial charge on any atom is 0.404 e. The summed E-state index contributed by atoms with van der Waals surface area (Å²) in [4.78, 5) is 10.4. The van der Waals surface area contributed by atoms with Gasteiger partial charge in [-0.3, -0.25) is 0 Å². The van der Waals surface area contributed by atoms with Crippen molar-refractivity contribution in [3.63, 3.8) is 0 Å². The first-order valence-electron chi connectivity index (χ1n) is 3.93. The Morgan fingerprint density at radius 3 is 2.33 bits per heavy atom. The Kier molecular flexibility index (Phi) is 4.60. The van der Waals surface area contributed by atoms with Crippen LogP contribution in [0, 0.1) is 5.41 Å². The van der Waals surface area contributed by atoms with Gasteiger partial charge < -0.3 is 10.4 Å². The number of nitrogens with one attached hydrogen (secondary N) is 1. The molecule has 0 aliphatic heterocycles. The van der Waals surface area contributed by atoms with Gasteiger partial charge in [0.25, 0.3) is 0 Å². The lowest BCUT2D eigenvalue weighted by molar-refractivity contribution is 0.173. The highest BCUT2D eigenvalue weighted by atomic mass is 79.9. The molecule has 3 nitrogen and oxygen atoms in total. The van der Waals surface area contributed by atoms with E-state index >= 15 is 0 Å². The van der Waals surface area contributed by atoms with E-state index in [1.165, 1.54) is 0 Å². The van der Waals surface area contributed by atoms with Crippen molar-refractivity contribution in [3.05, 3.63) is 0 Å². The smallest absolute Gasteiger partial charge is 0.404 e. The van der Waals surface area contributed by atoms with Crippen LogP contribution in [0.4, 0.5) is 4.79 Å². The lowest BCUT2D eigenvalue weighted by atomic mass is 9.85. The summed E-state index contributed by atoms with van der Waals surface area (Å²) < 4.78 is 0. The molecule has 0 bridgehead atoms. The van der Waals surface area contributed by atoms with Gasteiger partial charge in [0.05, 0.1) is 0 Å². The lowest BCUT2D eigenvalue weighted by Crippen LogP contribution is -2.43. The quantitative estimate of drug-likeness (QED) is 0.742. The summed E-state index contributed by atoms with van der Waals surface area (Å²) in [5.41, 5.74) is -0.0217. The maximum absolute atomic E-state index is 10.4. The molecule has 1 atom stereocenters. The molecule has 0 aromatic rings. The van der Waals surface area contributed by atoms with E-state index in [0.717, 1.165) is 11.8 Å². The van der Waals surface area contributed by atoms with E-state index in [-0.39, 0.29) is 11.5 Å². The Balaban J connectivity index is 4.13. The molecule has 0 aliphatic rings. The van der Waals surface area contributed by atoms with Crippen molar-refractivity contribution in [2.24, 2.45) is 5.41 Å². The van der Waals surface area contributed by atoms with Crippen LogP contribution >= 0.6 is 15.9 Å². The van der Waals surface area contributed by atoms with Gasteiger partial charge in [-0.2, -0.15) is 0 Å². The molecule has 0 saturated carbocycles. The fraction of sp³-hybridized carbons (Fsp3) is 0.875. The normalized spacial score (nSPS) is 14.0. The summed E-state index contributed by atoms with van der Waals surface area (Å²) >= 11 is 3.30. The standard InChI is InChI=1S/C8H16BrNO2/c1-8(2,3)6(4-5-9)10-7(11)12/h6,10H,4-5H2,1-3H3,(H,11,12). The van der Waals surface area contributed by atoms with Gasteiger partial charge in [0, 0.05) is 11.4 Å². The van der Waals surface area contributed by atoms with Crippen molar-refractivity contribution in [1.82, 2.24) is 5.32 Å². The number of amides is 1. The first-order valence-corrected chi connectivity index (χ1v) is 5.05. The summed E-state index contributed by atoms with van der Waals surface area (Å²) in [7, 11) is 0. The SMILES string of the molecule is CC(C)(C)C(CCBr)NC(=O)O. The fourth-order valence-electron chi connectivity index (χ4n) is 0.980. The topological polar surface area (TPSA) is 49.3 Å². The zero-order valence-corrected chi connectivity index (χ0v) is 9.31. The van der Waals surface area contributed by atoms with Crippen LogP contribution in [0.15, 0.2) is 0 Å². The number of carbonyl (C=O) groups is 1. The second-order valence-corrected chi connectivity index (χ2v) is 4.64. The van der Waals surface area contributed by atoms with Gasteiger partial charge in [0.2, 0.25) is 0 Å². The van der Waals surface area contributed by atoms with Crippen LogP contribution in [0.2, 0.25) is 0 Å². The molecular weight excluding hydrogens is 222 g/mol. The van der Waals surface area contributed by atoms with Gasteiger partial charge in [-0.15, -0.1) is 0 Å². The predicted molar refractivity (Wildman–Crippen MR) is 52.8 cm³/mol. The van der Waals surface area contributed by atoms with Gasteiger partial charge in [0.1, 0.15) is 0 Å².